The molecule has 0 amide bonds. The number of hydrogen-bond donors (Lipinski definition) is 2. The predicted molar refractivity (Wildman–Crippen MR) is 86.1 cm³/mol. The van der Waals surface area contributed by atoms with Crippen LogP contribution in [-0.2, 0) is 4.79 Å². The third kappa shape index (κ3) is 3.95. The van der Waals surface area contributed by atoms with Gasteiger partial charge >= 0.3 is 5.97 Å². The number of nitro groups is 1. The van der Waals surface area contributed by atoms with Gasteiger partial charge in [0.1, 0.15) is 5.69 Å². The summed E-state index contributed by atoms with van der Waals surface area (Å²) >= 11 is 3.23. The molecule has 0 spiro atoms. The van der Waals surface area contributed by atoms with Gasteiger partial charge in [-0.15, -0.1) is 0 Å². The molecule has 1 aliphatic rings. The molecule has 2 N–H and O–H groups in total. The average molecular weight is 372 g/mol. The highest BCUT2D eigenvalue weighted by Crippen LogP contribution is 2.33. The van der Waals surface area contributed by atoms with Crippen LogP contribution in [0.3, 0.4) is 0 Å². The van der Waals surface area contributed by atoms with Crippen molar-refractivity contribution in [3.05, 3.63) is 32.8 Å². The molecular weight excluding hydrogens is 354 g/mol. The Labute approximate surface area is 136 Å². The summed E-state index contributed by atoms with van der Waals surface area (Å²) in [5.41, 5.74) is 0.536. The van der Waals surface area contributed by atoms with Gasteiger partial charge in [0.15, 0.2) is 0 Å². The van der Waals surface area contributed by atoms with E-state index in [-0.39, 0.29) is 24.3 Å². The summed E-state index contributed by atoms with van der Waals surface area (Å²) in [6.45, 7) is 2.65. The van der Waals surface area contributed by atoms with Crippen molar-refractivity contribution >= 4 is 33.3 Å². The maximum atomic E-state index is 11.1. The Bertz CT molecular complexity index is 575. The van der Waals surface area contributed by atoms with Crippen LogP contribution in [0.2, 0.25) is 0 Å². The van der Waals surface area contributed by atoms with Gasteiger partial charge in [-0.2, -0.15) is 0 Å². The number of carboxylic acid groups (broad SMARTS) is 1. The van der Waals surface area contributed by atoms with E-state index in [1.807, 2.05) is 11.8 Å². The molecule has 1 aromatic rings. The molecule has 120 valence electrons. The van der Waals surface area contributed by atoms with E-state index in [9.17, 15) is 14.9 Å². The number of nitrogens with one attached hydrogen (secondary N) is 1. The molecule has 7 nitrogen and oxygen atoms in total. The highest BCUT2D eigenvalue weighted by Gasteiger charge is 2.34. The summed E-state index contributed by atoms with van der Waals surface area (Å²) in [6, 6.07) is 5.26. The SMILES string of the molecule is CCN(CC(=O)O)C1CC(Nc2ccc(Br)cc2[N+](=O)[O-])C1. The van der Waals surface area contributed by atoms with Crippen molar-refractivity contribution in [1.29, 1.82) is 0 Å². The van der Waals surface area contributed by atoms with Gasteiger partial charge in [-0.1, -0.05) is 22.9 Å². The van der Waals surface area contributed by atoms with Crippen molar-refractivity contribution in [2.75, 3.05) is 18.4 Å². The van der Waals surface area contributed by atoms with Crippen LogP contribution in [0, 0.1) is 10.1 Å². The lowest BCUT2D eigenvalue weighted by atomic mass is 9.85. The number of likely N-dealkylation sites (N-methyl/N-ethyl adjacent to an activating group) is 1. The van der Waals surface area contributed by atoms with Crippen molar-refractivity contribution in [2.45, 2.75) is 31.8 Å². The van der Waals surface area contributed by atoms with E-state index in [0.29, 0.717) is 16.7 Å². The van der Waals surface area contributed by atoms with Crippen LogP contribution >= 0.6 is 15.9 Å². The molecule has 2 rings (SSSR count). The lowest BCUT2D eigenvalue weighted by Crippen LogP contribution is -2.51. The largest absolute Gasteiger partial charge is 0.480 e. The van der Waals surface area contributed by atoms with Crippen LogP contribution < -0.4 is 5.32 Å². The van der Waals surface area contributed by atoms with Gasteiger partial charge in [-0.3, -0.25) is 19.8 Å². The van der Waals surface area contributed by atoms with Gasteiger partial charge in [0.2, 0.25) is 0 Å². The molecule has 0 saturated heterocycles. The zero-order valence-electron chi connectivity index (χ0n) is 12.2. The Morgan fingerprint density at radius 2 is 2.23 bits per heavy atom. The maximum absolute atomic E-state index is 11.1. The Kier molecular flexibility index (Phi) is 5.36. The Balaban J connectivity index is 1.95. The van der Waals surface area contributed by atoms with Crippen LogP contribution in [0.1, 0.15) is 19.8 Å². The predicted octanol–water partition coefficient (Wildman–Crippen LogP) is 2.71. The molecule has 1 aliphatic carbocycles. The Hall–Kier alpha value is -1.67. The fourth-order valence-electron chi connectivity index (χ4n) is 2.67. The molecule has 8 heteroatoms. The molecule has 1 fully saturated rings. The number of benzene rings is 1. The van der Waals surface area contributed by atoms with E-state index >= 15 is 0 Å². The van der Waals surface area contributed by atoms with Gasteiger partial charge in [0, 0.05) is 22.6 Å². The minimum Gasteiger partial charge on any atom is -0.480 e. The normalized spacial score (nSPS) is 20.5. The number of halogens is 1. The van der Waals surface area contributed by atoms with Crippen LogP contribution in [-0.4, -0.2) is 46.1 Å². The second kappa shape index (κ2) is 7.06. The minimum absolute atomic E-state index is 0.0340. The fraction of sp³-hybridized carbons (Fsp3) is 0.500. The second-order valence-electron chi connectivity index (χ2n) is 5.34. The van der Waals surface area contributed by atoms with Gasteiger partial charge in [-0.05, 0) is 31.5 Å². The minimum atomic E-state index is -0.832. The summed E-state index contributed by atoms with van der Waals surface area (Å²) in [5.74, 6) is -0.832. The molecule has 0 atom stereocenters. The topological polar surface area (TPSA) is 95.7 Å². The molecule has 1 saturated carbocycles. The van der Waals surface area contributed by atoms with Gasteiger partial charge in [0.05, 0.1) is 11.5 Å². The van der Waals surface area contributed by atoms with E-state index in [1.54, 1.807) is 12.1 Å². The first-order valence-electron chi connectivity index (χ1n) is 7.07. The molecule has 22 heavy (non-hydrogen) atoms. The number of carbonyl (C=O) groups is 1. The number of rotatable bonds is 7. The summed E-state index contributed by atoms with van der Waals surface area (Å²) in [5, 5.41) is 23.1. The van der Waals surface area contributed by atoms with Crippen LogP contribution in [0.5, 0.6) is 0 Å². The van der Waals surface area contributed by atoms with Crippen molar-refractivity contribution in [1.82, 2.24) is 4.90 Å². The van der Waals surface area contributed by atoms with E-state index in [2.05, 4.69) is 21.2 Å². The van der Waals surface area contributed by atoms with Crippen LogP contribution in [0.15, 0.2) is 22.7 Å². The lowest BCUT2D eigenvalue weighted by molar-refractivity contribution is -0.384. The number of hydrogen-bond acceptors (Lipinski definition) is 5. The van der Waals surface area contributed by atoms with Crippen LogP contribution in [0.4, 0.5) is 11.4 Å². The average Bonchev–Trinajstić information content (AvgIpc) is 2.41. The first-order chi connectivity index (χ1) is 10.4. The first kappa shape index (κ1) is 16.7. The van der Waals surface area contributed by atoms with E-state index in [4.69, 9.17) is 5.11 Å². The molecule has 0 aromatic heterocycles. The zero-order valence-corrected chi connectivity index (χ0v) is 13.7. The van der Waals surface area contributed by atoms with E-state index in [1.165, 1.54) is 6.07 Å². The molecule has 0 radical (unpaired) electrons. The smallest absolute Gasteiger partial charge is 0.317 e. The molecule has 0 unspecified atom stereocenters. The van der Waals surface area contributed by atoms with Gasteiger partial charge in [0.25, 0.3) is 5.69 Å². The third-order valence-electron chi connectivity index (χ3n) is 3.89. The maximum Gasteiger partial charge on any atom is 0.317 e. The third-order valence-corrected chi connectivity index (χ3v) is 4.38. The molecule has 0 aliphatic heterocycles. The van der Waals surface area contributed by atoms with Crippen molar-refractivity contribution < 1.29 is 14.8 Å². The zero-order chi connectivity index (χ0) is 16.3. The quantitative estimate of drug-likeness (QED) is 0.565. The highest BCUT2D eigenvalue weighted by atomic mass is 79.9. The lowest BCUT2D eigenvalue weighted by Gasteiger charge is -2.42. The highest BCUT2D eigenvalue weighted by molar-refractivity contribution is 9.10. The summed E-state index contributed by atoms with van der Waals surface area (Å²) in [4.78, 5) is 23.4. The van der Waals surface area contributed by atoms with Crippen molar-refractivity contribution in [3.63, 3.8) is 0 Å². The van der Waals surface area contributed by atoms with Crippen LogP contribution in [0.25, 0.3) is 0 Å². The standard InChI is InChI=1S/C14H18BrN3O4/c1-2-17(8-14(19)20)11-6-10(7-11)16-12-4-3-9(15)5-13(12)18(21)22/h3-5,10-11,16H,2,6-8H2,1H3,(H,19,20). The van der Waals surface area contributed by atoms with E-state index < -0.39 is 10.9 Å². The molecular formula is C14H18BrN3O4. The van der Waals surface area contributed by atoms with Crippen molar-refractivity contribution in [2.24, 2.45) is 0 Å². The fourth-order valence-corrected chi connectivity index (χ4v) is 3.02. The number of nitrogens with zero attached hydrogens (tertiary/aromatic N) is 2. The summed E-state index contributed by atoms with van der Waals surface area (Å²) in [7, 11) is 0. The van der Waals surface area contributed by atoms with Gasteiger partial charge in [-0.25, -0.2) is 0 Å². The monoisotopic (exact) mass is 371 g/mol. The molecule has 1 aromatic carbocycles. The van der Waals surface area contributed by atoms with E-state index in [0.717, 1.165) is 12.8 Å². The second-order valence-corrected chi connectivity index (χ2v) is 6.26. The Morgan fingerprint density at radius 1 is 1.55 bits per heavy atom. The van der Waals surface area contributed by atoms with Crippen molar-refractivity contribution in [3.8, 4) is 0 Å². The molecule has 0 bridgehead atoms. The summed E-state index contributed by atoms with van der Waals surface area (Å²) in [6.07, 6.45) is 1.57. The Morgan fingerprint density at radius 3 is 2.77 bits per heavy atom. The molecule has 0 heterocycles. The number of aliphatic carboxylic acids is 1. The number of carboxylic acids is 1. The first-order valence-corrected chi connectivity index (χ1v) is 7.86. The number of anilines is 1. The van der Waals surface area contributed by atoms with Gasteiger partial charge < -0.3 is 10.4 Å². The summed E-state index contributed by atoms with van der Waals surface area (Å²) < 4.78 is 0.662. The number of nitro benzene ring substituents is 1.